The molecule has 58 heavy (non-hydrogen) atoms. The molecule has 0 aliphatic carbocycles. The molecule has 0 unspecified atom stereocenters. The minimum absolute atomic E-state index is 0.0513. The molecule has 19 nitrogen and oxygen atoms in total. The number of hydrogen-bond donors (Lipinski definition) is 5. The lowest BCUT2D eigenvalue weighted by atomic mass is 10.1. The molecule has 0 bridgehead atoms. The van der Waals surface area contributed by atoms with E-state index in [9.17, 15) is 24.3 Å². The van der Waals surface area contributed by atoms with Crippen LogP contribution in [0.15, 0.2) is 60.7 Å². The molecule has 6 aromatic rings. The van der Waals surface area contributed by atoms with E-state index in [0.717, 1.165) is 0 Å². The molecule has 302 valence electrons. The van der Waals surface area contributed by atoms with E-state index in [0.29, 0.717) is 63.7 Å². The number of nitrogens with zero attached hydrogens (tertiary/aromatic N) is 8. The minimum atomic E-state index is -0.705. The van der Waals surface area contributed by atoms with E-state index in [2.05, 4.69) is 25.8 Å². The van der Waals surface area contributed by atoms with Gasteiger partial charge in [0, 0.05) is 37.3 Å². The van der Waals surface area contributed by atoms with E-state index >= 15 is 0 Å². The predicted molar refractivity (Wildman–Crippen MR) is 215 cm³/mol. The van der Waals surface area contributed by atoms with E-state index < -0.39 is 23.6 Å². The van der Waals surface area contributed by atoms with E-state index in [-0.39, 0.29) is 55.1 Å². The van der Waals surface area contributed by atoms with Crippen molar-refractivity contribution in [3.8, 4) is 11.5 Å². The second-order valence-electron chi connectivity index (χ2n) is 13.0. The third-order valence-corrected chi connectivity index (χ3v) is 9.07. The van der Waals surface area contributed by atoms with Crippen molar-refractivity contribution in [3.63, 3.8) is 0 Å². The quantitative estimate of drug-likeness (QED) is 0.0838. The molecule has 19 heteroatoms. The van der Waals surface area contributed by atoms with Gasteiger partial charge in [-0.15, -0.1) is 0 Å². The zero-order valence-corrected chi connectivity index (χ0v) is 32.6. The van der Waals surface area contributed by atoms with Gasteiger partial charge < -0.3 is 35.2 Å². The van der Waals surface area contributed by atoms with E-state index in [1.807, 2.05) is 26.0 Å². The molecule has 0 aliphatic heterocycles. The van der Waals surface area contributed by atoms with Gasteiger partial charge in [0.1, 0.15) is 40.5 Å². The fourth-order valence-electron chi connectivity index (χ4n) is 6.47. The number of aliphatic hydroxyl groups excluding tert-OH is 1. The Morgan fingerprint density at radius 2 is 1.17 bits per heavy atom. The maximum atomic E-state index is 13.7. The van der Waals surface area contributed by atoms with Gasteiger partial charge in [0.15, 0.2) is 0 Å². The second-order valence-corrected chi connectivity index (χ2v) is 13.0. The van der Waals surface area contributed by atoms with Crippen molar-refractivity contribution < 1.29 is 33.8 Å². The molecule has 0 aliphatic rings. The number of nitrogens with two attached hydrogens (primary N) is 2. The van der Waals surface area contributed by atoms with E-state index in [1.165, 1.54) is 37.5 Å². The monoisotopic (exact) mass is 792 g/mol. The van der Waals surface area contributed by atoms with Gasteiger partial charge in [-0.05, 0) is 70.2 Å². The number of aromatic nitrogens is 8. The lowest BCUT2D eigenvalue weighted by Gasteiger charge is -2.13. The van der Waals surface area contributed by atoms with Crippen LogP contribution in [0.2, 0.25) is 0 Å². The largest absolute Gasteiger partial charge is 0.494 e. The Labute approximate surface area is 331 Å². The Morgan fingerprint density at radius 1 is 0.707 bits per heavy atom. The van der Waals surface area contributed by atoms with Crippen LogP contribution in [-0.4, -0.2) is 87.7 Å². The number of allylic oxidation sites excluding steroid dienone is 2. The predicted octanol–water partition coefficient (Wildman–Crippen LogP) is 3.33. The van der Waals surface area contributed by atoms with E-state index in [4.69, 9.17) is 25.9 Å². The fourth-order valence-corrected chi connectivity index (χ4v) is 6.47. The summed E-state index contributed by atoms with van der Waals surface area (Å²) in [5.41, 5.74) is 15.2. The van der Waals surface area contributed by atoms with Crippen LogP contribution in [0.25, 0.3) is 22.1 Å². The number of rotatable bonds is 17. The molecule has 0 saturated carbocycles. The Morgan fingerprint density at radius 3 is 1.60 bits per heavy atom. The number of methoxy groups -OCH3 is 1. The van der Waals surface area contributed by atoms with Crippen LogP contribution < -0.4 is 31.6 Å². The van der Waals surface area contributed by atoms with Gasteiger partial charge in [-0.3, -0.25) is 39.2 Å². The number of amides is 4. The second kappa shape index (κ2) is 17.2. The number of nitrogens with one attached hydrogen (secondary N) is 2. The number of carbonyl (C=O) groups is 4. The van der Waals surface area contributed by atoms with Crippen LogP contribution in [0.3, 0.4) is 0 Å². The van der Waals surface area contributed by atoms with Gasteiger partial charge in [0.25, 0.3) is 11.8 Å². The van der Waals surface area contributed by atoms with Crippen LogP contribution in [0.5, 0.6) is 11.5 Å². The highest BCUT2D eigenvalue weighted by Crippen LogP contribution is 2.33. The third-order valence-electron chi connectivity index (χ3n) is 9.07. The van der Waals surface area contributed by atoms with Crippen LogP contribution in [0, 0.1) is 13.8 Å². The summed E-state index contributed by atoms with van der Waals surface area (Å²) in [5, 5.41) is 23.8. The number of fused-ring (bicyclic) bond motifs is 2. The smallest absolute Gasteiger partial charge is 0.276 e. The number of benzene rings is 2. The molecule has 0 spiro atoms. The van der Waals surface area contributed by atoms with Crippen LogP contribution in [0.1, 0.15) is 66.9 Å². The fraction of sp³-hybridized carbons (Fsp3) is 0.282. The van der Waals surface area contributed by atoms with Crippen molar-refractivity contribution in [1.82, 2.24) is 38.7 Å². The minimum Gasteiger partial charge on any atom is -0.494 e. The highest BCUT2D eigenvalue weighted by atomic mass is 16.5. The van der Waals surface area contributed by atoms with Gasteiger partial charge in [-0.25, -0.2) is 9.97 Å². The summed E-state index contributed by atoms with van der Waals surface area (Å²) in [6.45, 7) is 8.39. The zero-order chi connectivity index (χ0) is 41.7. The molecule has 0 saturated heterocycles. The molecule has 4 amide bonds. The molecular weight excluding hydrogens is 749 g/mol. The highest BCUT2D eigenvalue weighted by Gasteiger charge is 2.23. The molecule has 0 radical (unpaired) electrons. The number of anilines is 2. The lowest BCUT2D eigenvalue weighted by Crippen LogP contribution is -2.20. The molecule has 0 fully saturated rings. The van der Waals surface area contributed by atoms with Crippen molar-refractivity contribution in [3.05, 3.63) is 94.6 Å². The number of primary amides is 2. The maximum absolute atomic E-state index is 13.7. The Bertz CT molecular complexity index is 2610. The van der Waals surface area contributed by atoms with Crippen molar-refractivity contribution in [1.29, 1.82) is 0 Å². The molecule has 4 aromatic heterocycles. The first-order chi connectivity index (χ1) is 27.9. The van der Waals surface area contributed by atoms with Crippen LogP contribution in [-0.2, 0) is 26.2 Å². The Hall–Kier alpha value is -7.28. The van der Waals surface area contributed by atoms with Gasteiger partial charge >= 0.3 is 0 Å². The molecule has 4 heterocycles. The summed E-state index contributed by atoms with van der Waals surface area (Å²) < 4.78 is 18.3. The summed E-state index contributed by atoms with van der Waals surface area (Å²) in [7, 11) is 1.45. The summed E-state index contributed by atoms with van der Waals surface area (Å²) in [5.74, 6) is -1.42. The Balaban J connectivity index is 1.42. The third kappa shape index (κ3) is 8.28. The van der Waals surface area contributed by atoms with Gasteiger partial charge in [0.2, 0.25) is 23.7 Å². The lowest BCUT2D eigenvalue weighted by molar-refractivity contribution is 0.0991. The highest BCUT2D eigenvalue weighted by molar-refractivity contribution is 6.05. The SMILES string of the molecule is CCn1nc(C)cc1C(=O)Nc1nc2cc(C(N)=O)cc(OC)c2n1C/C=C/Cn1c(NC(=O)c2cc(C)nn2CC)nc2cc(C(N)=O)cc(OC/C=C/CO)c21. The number of carbonyl (C=O) groups excluding carboxylic acids is 4. The van der Waals surface area contributed by atoms with Gasteiger partial charge in [0.05, 0.1) is 36.1 Å². The number of imidazole rings is 2. The first-order valence-corrected chi connectivity index (χ1v) is 18.3. The zero-order valence-electron chi connectivity index (χ0n) is 32.6. The number of hydrogen-bond acceptors (Lipinski definition) is 11. The average molecular weight is 793 g/mol. The average Bonchev–Trinajstić information content (AvgIpc) is 3.96. The van der Waals surface area contributed by atoms with E-state index in [1.54, 1.807) is 50.6 Å². The normalized spacial score (nSPS) is 11.6. The molecule has 7 N–H and O–H groups in total. The molecule has 0 atom stereocenters. The summed E-state index contributed by atoms with van der Waals surface area (Å²) in [6, 6.07) is 9.37. The standard InChI is InChI=1S/C39H44N12O7/c1-6-50-28(16-22(3)46-50)36(55)44-38-42-26-18-24(34(40)53)20-30(57-5)32(26)48(38)12-8-9-13-49-33-27(19-25(35(41)54)21-31(33)58-15-11-10-14-52)43-39(49)45-37(56)29-17-23(4)47-51(29)7-2/h8-11,16-21,52H,6-7,12-15H2,1-5H3,(H2,40,53)(H2,41,54)(H,42,44,55)(H,43,45,56)/b9-8+,11-10+. The summed E-state index contributed by atoms with van der Waals surface area (Å²) in [4.78, 5) is 61.2. The van der Waals surface area contributed by atoms with Crippen LogP contribution >= 0.6 is 0 Å². The summed E-state index contributed by atoms with van der Waals surface area (Å²) >= 11 is 0. The number of aryl methyl sites for hydroxylation is 4. The topological polar surface area (TPSA) is 254 Å². The van der Waals surface area contributed by atoms with Gasteiger partial charge in [-0.2, -0.15) is 10.2 Å². The number of aliphatic hydroxyl groups is 1. The Kier molecular flexibility index (Phi) is 12.0. The summed E-state index contributed by atoms with van der Waals surface area (Å²) in [6.07, 6.45) is 6.75. The van der Waals surface area contributed by atoms with Gasteiger partial charge in [-0.1, -0.05) is 18.2 Å². The molecule has 2 aromatic carbocycles. The molecular formula is C39H44N12O7. The van der Waals surface area contributed by atoms with Crippen molar-refractivity contribution in [2.24, 2.45) is 11.5 Å². The van der Waals surface area contributed by atoms with Crippen LogP contribution in [0.4, 0.5) is 11.9 Å². The molecule has 6 rings (SSSR count). The first kappa shape index (κ1) is 40.4. The van der Waals surface area contributed by atoms with Crippen molar-refractivity contribution >= 4 is 57.6 Å². The number of ether oxygens (including phenoxy) is 2. The maximum Gasteiger partial charge on any atom is 0.276 e. The first-order valence-electron chi connectivity index (χ1n) is 18.3. The van der Waals surface area contributed by atoms with Crippen molar-refractivity contribution in [2.45, 2.75) is 53.9 Å². The van der Waals surface area contributed by atoms with Crippen molar-refractivity contribution in [2.75, 3.05) is 31.0 Å².